The van der Waals surface area contributed by atoms with Gasteiger partial charge in [0, 0.05) is 24.7 Å². The zero-order chi connectivity index (χ0) is 24.3. The minimum atomic E-state index is -3.57. The lowest BCUT2D eigenvalue weighted by Gasteiger charge is -2.34. The van der Waals surface area contributed by atoms with E-state index in [9.17, 15) is 13.2 Å². The quantitative estimate of drug-likeness (QED) is 0.439. The van der Waals surface area contributed by atoms with E-state index in [1.165, 1.54) is 29.0 Å². The number of fused-ring (bicyclic) bond motifs is 1. The van der Waals surface area contributed by atoms with E-state index in [1.54, 1.807) is 16.4 Å². The second-order valence-corrected chi connectivity index (χ2v) is 11.7. The lowest BCUT2D eigenvalue weighted by atomic mass is 10.0. The van der Waals surface area contributed by atoms with Crippen LogP contribution in [-0.4, -0.2) is 35.8 Å². The van der Waals surface area contributed by atoms with Gasteiger partial charge in [-0.25, -0.2) is 8.42 Å². The largest absolute Gasteiger partial charge is 0.316 e. The average Bonchev–Trinajstić information content (AvgIpc) is 3.20. The second kappa shape index (κ2) is 10.5. The Morgan fingerprint density at radius 3 is 2.53 bits per heavy atom. The summed E-state index contributed by atoms with van der Waals surface area (Å²) in [7, 11) is -3.57. The zero-order valence-corrected chi connectivity index (χ0v) is 21.8. The molecule has 1 fully saturated rings. The number of aryl methyl sites for hydroxylation is 2. The molecule has 1 aliphatic heterocycles. The molecule has 0 saturated carbocycles. The summed E-state index contributed by atoms with van der Waals surface area (Å²) < 4.78 is 31.3. The third-order valence-corrected chi connectivity index (χ3v) is 9.56. The van der Waals surface area contributed by atoms with Gasteiger partial charge in [-0.3, -0.25) is 4.79 Å². The summed E-state index contributed by atoms with van der Waals surface area (Å²) in [6, 6.07) is 12.7. The highest BCUT2D eigenvalue weighted by molar-refractivity contribution is 7.89. The Morgan fingerprint density at radius 2 is 1.85 bits per heavy atom. The number of piperidine rings is 1. The number of nitrogens with zero attached hydrogens (tertiary/aromatic N) is 3. The predicted octanol–water partition coefficient (Wildman–Crippen LogP) is 5.37. The molecule has 4 rings (SSSR count). The van der Waals surface area contributed by atoms with Crippen LogP contribution in [0.15, 0.2) is 52.4 Å². The van der Waals surface area contributed by atoms with Crippen molar-refractivity contribution in [1.29, 1.82) is 0 Å². The highest BCUT2D eigenvalue weighted by Crippen LogP contribution is 2.27. The van der Waals surface area contributed by atoms with Crippen LogP contribution >= 0.6 is 11.3 Å². The van der Waals surface area contributed by atoms with Gasteiger partial charge in [-0.15, -0.1) is 0 Å². The number of sulfonamides is 1. The molecule has 182 valence electrons. The lowest BCUT2D eigenvalue weighted by molar-refractivity contribution is 0.0997. The van der Waals surface area contributed by atoms with Gasteiger partial charge in [0.2, 0.25) is 10.0 Å². The van der Waals surface area contributed by atoms with Crippen LogP contribution in [0.5, 0.6) is 0 Å². The summed E-state index contributed by atoms with van der Waals surface area (Å²) in [5.41, 5.74) is 2.73. The van der Waals surface area contributed by atoms with Crippen molar-refractivity contribution in [1.82, 2.24) is 8.87 Å². The van der Waals surface area contributed by atoms with Crippen molar-refractivity contribution in [3.63, 3.8) is 0 Å². The van der Waals surface area contributed by atoms with Gasteiger partial charge in [-0.05, 0) is 74.1 Å². The molecule has 34 heavy (non-hydrogen) atoms. The number of hydrogen-bond acceptors (Lipinski definition) is 4. The summed E-state index contributed by atoms with van der Waals surface area (Å²) in [5, 5.41) is 0. The van der Waals surface area contributed by atoms with Crippen molar-refractivity contribution >= 4 is 37.5 Å². The van der Waals surface area contributed by atoms with Crippen LogP contribution in [0.3, 0.4) is 0 Å². The molecule has 0 radical (unpaired) electrons. The first-order valence-corrected chi connectivity index (χ1v) is 14.5. The standard InChI is InChI=1S/C26H33N3O3S2/c1-4-16-28-23-15-10-19(5-2)18-24(23)33-26(28)27-25(30)20-11-13-22(14-12-20)34(31,32)29-17-8-7-9-21(29)6-3/h10-15,18,21H,4-9,16-17H2,1-3H3. The maximum absolute atomic E-state index is 13.2. The van der Waals surface area contributed by atoms with Crippen molar-refractivity contribution in [2.24, 2.45) is 4.99 Å². The topological polar surface area (TPSA) is 71.7 Å². The van der Waals surface area contributed by atoms with E-state index in [-0.39, 0.29) is 16.8 Å². The van der Waals surface area contributed by atoms with E-state index in [2.05, 4.69) is 41.6 Å². The second-order valence-electron chi connectivity index (χ2n) is 8.81. The van der Waals surface area contributed by atoms with E-state index in [4.69, 9.17) is 0 Å². The molecule has 0 spiro atoms. The summed E-state index contributed by atoms with van der Waals surface area (Å²) in [4.78, 5) is 18.3. The molecule has 0 N–H and O–H groups in total. The van der Waals surface area contributed by atoms with Gasteiger partial charge in [-0.2, -0.15) is 9.30 Å². The predicted molar refractivity (Wildman–Crippen MR) is 138 cm³/mol. The normalized spacial score (nSPS) is 18.0. The number of carbonyl (C=O) groups excluding carboxylic acids is 1. The fourth-order valence-electron chi connectivity index (χ4n) is 4.62. The molecule has 3 aromatic rings. The molecule has 1 atom stereocenters. The SMILES string of the molecule is CCCn1c(=NC(=O)c2ccc(S(=O)(=O)N3CCCCC3CC)cc2)sc2cc(CC)ccc21. The molecule has 1 amide bonds. The first-order chi connectivity index (χ1) is 16.4. The highest BCUT2D eigenvalue weighted by Gasteiger charge is 2.32. The number of aromatic nitrogens is 1. The zero-order valence-electron chi connectivity index (χ0n) is 20.2. The monoisotopic (exact) mass is 499 g/mol. The van der Waals surface area contributed by atoms with Crippen molar-refractivity contribution in [2.45, 2.75) is 76.8 Å². The lowest BCUT2D eigenvalue weighted by Crippen LogP contribution is -2.43. The number of benzene rings is 2. The van der Waals surface area contributed by atoms with E-state index in [0.29, 0.717) is 16.9 Å². The number of hydrogen-bond donors (Lipinski definition) is 0. The van der Waals surface area contributed by atoms with Crippen molar-refractivity contribution in [3.05, 3.63) is 58.4 Å². The molecule has 6 nitrogen and oxygen atoms in total. The first kappa shape index (κ1) is 24.8. The van der Waals surface area contributed by atoms with Gasteiger partial charge in [0.05, 0.1) is 15.1 Å². The minimum absolute atomic E-state index is 0.0465. The van der Waals surface area contributed by atoms with Crippen LogP contribution in [0.1, 0.15) is 68.8 Å². The van der Waals surface area contributed by atoms with E-state index < -0.39 is 10.0 Å². The van der Waals surface area contributed by atoms with Crippen LogP contribution in [-0.2, 0) is 23.0 Å². The molecule has 1 aromatic heterocycles. The number of amides is 1. The highest BCUT2D eigenvalue weighted by atomic mass is 32.2. The Hall–Kier alpha value is -2.29. The summed E-state index contributed by atoms with van der Waals surface area (Å²) >= 11 is 1.52. The summed E-state index contributed by atoms with van der Waals surface area (Å²) in [5.74, 6) is -0.361. The third kappa shape index (κ3) is 4.90. The van der Waals surface area contributed by atoms with E-state index in [1.807, 2.05) is 6.92 Å². The Bertz CT molecular complexity index is 1340. The van der Waals surface area contributed by atoms with Crippen LogP contribution in [0.25, 0.3) is 10.2 Å². The first-order valence-electron chi connectivity index (χ1n) is 12.2. The molecule has 1 saturated heterocycles. The van der Waals surface area contributed by atoms with Crippen molar-refractivity contribution < 1.29 is 13.2 Å². The third-order valence-electron chi connectivity index (χ3n) is 6.55. The molecule has 2 heterocycles. The fourth-order valence-corrected chi connectivity index (χ4v) is 7.50. The maximum atomic E-state index is 13.2. The average molecular weight is 500 g/mol. The number of rotatable bonds is 7. The molecular weight excluding hydrogens is 466 g/mol. The molecule has 0 bridgehead atoms. The maximum Gasteiger partial charge on any atom is 0.279 e. The summed E-state index contributed by atoms with van der Waals surface area (Å²) in [6.07, 6.45) is 5.55. The number of carbonyl (C=O) groups is 1. The molecule has 0 aliphatic carbocycles. The van der Waals surface area contributed by atoms with Crippen LogP contribution < -0.4 is 4.80 Å². The van der Waals surface area contributed by atoms with E-state index >= 15 is 0 Å². The van der Waals surface area contributed by atoms with Crippen LogP contribution in [0.4, 0.5) is 0 Å². The van der Waals surface area contributed by atoms with Gasteiger partial charge in [0.25, 0.3) is 5.91 Å². The molecule has 2 aromatic carbocycles. The van der Waals surface area contributed by atoms with Crippen molar-refractivity contribution in [3.8, 4) is 0 Å². The summed E-state index contributed by atoms with van der Waals surface area (Å²) in [6.45, 7) is 7.60. The Kier molecular flexibility index (Phi) is 7.70. The van der Waals surface area contributed by atoms with Gasteiger partial charge in [0.15, 0.2) is 4.80 Å². The van der Waals surface area contributed by atoms with Gasteiger partial charge in [0.1, 0.15) is 0 Å². The Balaban J connectivity index is 1.64. The molecular formula is C26H33N3O3S2. The molecule has 1 unspecified atom stereocenters. The van der Waals surface area contributed by atoms with Crippen LogP contribution in [0, 0.1) is 0 Å². The number of thiazole rings is 1. The Labute approximate surface area is 206 Å². The molecule has 8 heteroatoms. The van der Waals surface area contributed by atoms with Gasteiger partial charge >= 0.3 is 0 Å². The van der Waals surface area contributed by atoms with Crippen molar-refractivity contribution in [2.75, 3.05) is 6.54 Å². The Morgan fingerprint density at radius 1 is 1.09 bits per heavy atom. The molecule has 1 aliphatic rings. The van der Waals surface area contributed by atoms with Gasteiger partial charge in [-0.1, -0.05) is 44.6 Å². The van der Waals surface area contributed by atoms with Gasteiger partial charge < -0.3 is 4.57 Å². The van der Waals surface area contributed by atoms with Crippen LogP contribution in [0.2, 0.25) is 0 Å². The minimum Gasteiger partial charge on any atom is -0.316 e. The van der Waals surface area contributed by atoms with E-state index in [0.717, 1.165) is 55.3 Å². The smallest absolute Gasteiger partial charge is 0.279 e. The fraction of sp³-hybridized carbons (Fsp3) is 0.462.